The summed E-state index contributed by atoms with van der Waals surface area (Å²) in [5.74, 6) is 0.961. The fourth-order valence-electron chi connectivity index (χ4n) is 2.38. The molecule has 12 heavy (non-hydrogen) atoms. The van der Waals surface area contributed by atoms with E-state index in [2.05, 4.69) is 34.6 Å². The van der Waals surface area contributed by atoms with Crippen LogP contribution < -0.4 is 0 Å². The Morgan fingerprint density at radius 2 is 1.92 bits per heavy atom. The molecule has 0 radical (unpaired) electrons. The van der Waals surface area contributed by atoms with Crippen molar-refractivity contribution in [2.75, 3.05) is 0 Å². The molecule has 0 bridgehead atoms. The molecular weight excluding hydrogens is 144 g/mol. The maximum atomic E-state index is 2.46. The van der Waals surface area contributed by atoms with Crippen molar-refractivity contribution in [1.82, 2.24) is 0 Å². The zero-order chi connectivity index (χ0) is 9.41. The summed E-state index contributed by atoms with van der Waals surface area (Å²) < 4.78 is 0. The van der Waals surface area contributed by atoms with Gasteiger partial charge in [0.2, 0.25) is 0 Å². The zero-order valence-electron chi connectivity index (χ0n) is 9.41. The quantitative estimate of drug-likeness (QED) is 0.549. The first kappa shape index (κ1) is 10.1. The number of hydrogen-bond acceptors (Lipinski definition) is 0. The van der Waals surface area contributed by atoms with Gasteiger partial charge in [-0.05, 0) is 36.0 Å². The highest BCUT2D eigenvalue weighted by Gasteiger charge is 2.38. The highest BCUT2D eigenvalue weighted by atomic mass is 14.4. The highest BCUT2D eigenvalue weighted by molar-refractivity contribution is 4.89. The van der Waals surface area contributed by atoms with E-state index in [1.807, 2.05) is 0 Å². The normalized spacial score (nSPS) is 37.2. The molecular formula is C12H24. The predicted octanol–water partition coefficient (Wildman–Crippen LogP) is 4.25. The van der Waals surface area contributed by atoms with Gasteiger partial charge in [0.25, 0.3) is 0 Å². The van der Waals surface area contributed by atoms with Gasteiger partial charge in [-0.3, -0.25) is 0 Å². The van der Waals surface area contributed by atoms with Gasteiger partial charge in [0, 0.05) is 0 Å². The van der Waals surface area contributed by atoms with Crippen molar-refractivity contribution in [3.63, 3.8) is 0 Å². The van der Waals surface area contributed by atoms with Crippen LogP contribution in [0.4, 0.5) is 0 Å². The molecule has 0 aliphatic heterocycles. The summed E-state index contributed by atoms with van der Waals surface area (Å²) in [5, 5.41) is 0. The van der Waals surface area contributed by atoms with Crippen LogP contribution in [0.1, 0.15) is 60.3 Å². The van der Waals surface area contributed by atoms with Gasteiger partial charge < -0.3 is 0 Å². The van der Waals surface area contributed by atoms with E-state index in [9.17, 15) is 0 Å². The molecule has 0 saturated heterocycles. The molecule has 2 atom stereocenters. The first-order valence-electron chi connectivity index (χ1n) is 5.37. The van der Waals surface area contributed by atoms with Gasteiger partial charge in [0.05, 0.1) is 0 Å². The van der Waals surface area contributed by atoms with Crippen LogP contribution in [0.15, 0.2) is 0 Å². The monoisotopic (exact) mass is 168 g/mol. The molecule has 0 aromatic carbocycles. The third kappa shape index (κ3) is 2.02. The topological polar surface area (TPSA) is 0 Å². The van der Waals surface area contributed by atoms with Gasteiger partial charge in [-0.15, -0.1) is 0 Å². The summed E-state index contributed by atoms with van der Waals surface area (Å²) in [6.07, 6.45) is 5.71. The Kier molecular flexibility index (Phi) is 2.56. The molecule has 72 valence electrons. The minimum absolute atomic E-state index is 0.535. The molecule has 0 aromatic heterocycles. The van der Waals surface area contributed by atoms with Gasteiger partial charge in [-0.1, -0.05) is 41.0 Å². The van der Waals surface area contributed by atoms with Crippen LogP contribution in [0.25, 0.3) is 0 Å². The van der Waals surface area contributed by atoms with E-state index in [-0.39, 0.29) is 0 Å². The molecule has 1 aliphatic rings. The second-order valence-corrected chi connectivity index (χ2v) is 5.97. The van der Waals surface area contributed by atoms with E-state index < -0.39 is 0 Å². The molecule has 1 aliphatic carbocycles. The van der Waals surface area contributed by atoms with Crippen LogP contribution in [0.3, 0.4) is 0 Å². The van der Waals surface area contributed by atoms with E-state index in [0.717, 1.165) is 5.92 Å². The molecule has 0 heteroatoms. The van der Waals surface area contributed by atoms with Crippen molar-refractivity contribution in [2.45, 2.75) is 60.3 Å². The Hall–Kier alpha value is 0. The molecule has 2 unspecified atom stereocenters. The van der Waals surface area contributed by atoms with Crippen molar-refractivity contribution in [2.24, 2.45) is 16.7 Å². The van der Waals surface area contributed by atoms with E-state index >= 15 is 0 Å². The summed E-state index contributed by atoms with van der Waals surface area (Å²) in [6.45, 7) is 12.0. The summed E-state index contributed by atoms with van der Waals surface area (Å²) in [4.78, 5) is 0. The second kappa shape index (κ2) is 3.05. The molecule has 0 N–H and O–H groups in total. The van der Waals surface area contributed by atoms with Crippen LogP contribution in [-0.2, 0) is 0 Å². The second-order valence-electron chi connectivity index (χ2n) is 5.97. The molecule has 0 nitrogen and oxygen atoms in total. The number of hydrogen-bond donors (Lipinski definition) is 0. The fourth-order valence-corrected chi connectivity index (χ4v) is 2.38. The van der Waals surface area contributed by atoms with Gasteiger partial charge in [-0.25, -0.2) is 0 Å². The lowest BCUT2D eigenvalue weighted by Crippen LogP contribution is -2.19. The van der Waals surface area contributed by atoms with Gasteiger partial charge in [-0.2, -0.15) is 0 Å². The van der Waals surface area contributed by atoms with Crippen LogP contribution >= 0.6 is 0 Å². The lowest BCUT2D eigenvalue weighted by Gasteiger charge is -2.29. The molecule has 1 saturated carbocycles. The minimum Gasteiger partial charge on any atom is -0.0649 e. The Bertz CT molecular complexity index is 152. The summed E-state index contributed by atoms with van der Waals surface area (Å²) in [7, 11) is 0. The third-order valence-electron chi connectivity index (χ3n) is 3.91. The van der Waals surface area contributed by atoms with Gasteiger partial charge >= 0.3 is 0 Å². The Labute approximate surface area is 77.7 Å². The highest BCUT2D eigenvalue weighted by Crippen LogP contribution is 2.49. The summed E-state index contributed by atoms with van der Waals surface area (Å²) in [6, 6.07) is 0. The smallest absolute Gasteiger partial charge is 0.0326 e. The van der Waals surface area contributed by atoms with Crippen molar-refractivity contribution in [3.8, 4) is 0 Å². The summed E-state index contributed by atoms with van der Waals surface area (Å²) in [5.41, 5.74) is 1.20. The lowest BCUT2D eigenvalue weighted by atomic mass is 9.76. The fraction of sp³-hybridized carbons (Fsp3) is 1.00. The summed E-state index contributed by atoms with van der Waals surface area (Å²) >= 11 is 0. The maximum Gasteiger partial charge on any atom is -0.0326 e. The van der Waals surface area contributed by atoms with E-state index in [1.54, 1.807) is 0 Å². The van der Waals surface area contributed by atoms with Crippen LogP contribution in [0.2, 0.25) is 0 Å². The van der Waals surface area contributed by atoms with Crippen molar-refractivity contribution >= 4 is 0 Å². The van der Waals surface area contributed by atoms with Crippen LogP contribution in [0, 0.1) is 16.7 Å². The molecule has 0 amide bonds. The van der Waals surface area contributed by atoms with E-state index in [1.165, 1.54) is 25.7 Å². The standard InChI is InChI=1S/C12H24/c1-6-12(5)8-7-10(9-12)11(2,3)4/h10H,6-9H2,1-5H3. The Morgan fingerprint density at radius 3 is 2.17 bits per heavy atom. The number of rotatable bonds is 1. The van der Waals surface area contributed by atoms with E-state index in [0.29, 0.717) is 10.8 Å². The zero-order valence-corrected chi connectivity index (χ0v) is 9.41. The van der Waals surface area contributed by atoms with Crippen LogP contribution in [-0.4, -0.2) is 0 Å². The molecule has 0 spiro atoms. The van der Waals surface area contributed by atoms with Crippen LogP contribution in [0.5, 0.6) is 0 Å². The molecule has 1 fully saturated rings. The third-order valence-corrected chi connectivity index (χ3v) is 3.91. The Morgan fingerprint density at radius 1 is 1.33 bits per heavy atom. The average Bonchev–Trinajstić information content (AvgIpc) is 2.32. The lowest BCUT2D eigenvalue weighted by molar-refractivity contribution is 0.213. The van der Waals surface area contributed by atoms with Crippen molar-refractivity contribution in [3.05, 3.63) is 0 Å². The predicted molar refractivity (Wildman–Crippen MR) is 55.2 cm³/mol. The van der Waals surface area contributed by atoms with Crippen molar-refractivity contribution in [1.29, 1.82) is 0 Å². The van der Waals surface area contributed by atoms with Crippen molar-refractivity contribution < 1.29 is 0 Å². The largest absolute Gasteiger partial charge is 0.0649 e. The Balaban J connectivity index is 2.57. The average molecular weight is 168 g/mol. The molecule has 0 aromatic rings. The van der Waals surface area contributed by atoms with Gasteiger partial charge in [0.1, 0.15) is 0 Å². The first-order chi connectivity index (χ1) is 5.37. The first-order valence-corrected chi connectivity index (χ1v) is 5.37. The molecule has 1 rings (SSSR count). The van der Waals surface area contributed by atoms with E-state index in [4.69, 9.17) is 0 Å². The maximum absolute atomic E-state index is 2.46. The SMILES string of the molecule is CCC1(C)CCC(C(C)(C)C)C1. The molecule has 0 heterocycles. The minimum atomic E-state index is 0.535. The van der Waals surface area contributed by atoms with Gasteiger partial charge in [0.15, 0.2) is 0 Å².